The Hall–Kier alpha value is -3.49. The van der Waals surface area contributed by atoms with Crippen molar-refractivity contribution in [2.24, 2.45) is 0 Å². The second-order valence-electron chi connectivity index (χ2n) is 7.56. The highest BCUT2D eigenvalue weighted by Crippen LogP contribution is 2.39. The van der Waals surface area contributed by atoms with Crippen molar-refractivity contribution in [3.05, 3.63) is 76.8 Å². The molecule has 0 radical (unpaired) electrons. The third-order valence-corrected chi connectivity index (χ3v) is 6.59. The number of aryl methyl sites for hydroxylation is 1. The summed E-state index contributed by atoms with van der Waals surface area (Å²) in [5.41, 5.74) is 3.31. The van der Waals surface area contributed by atoms with Crippen LogP contribution < -0.4 is 14.2 Å². The lowest BCUT2D eigenvalue weighted by Gasteiger charge is -2.14. The molecule has 0 saturated heterocycles. The van der Waals surface area contributed by atoms with Crippen LogP contribution in [0.4, 0.5) is 0 Å². The molecule has 0 atom stereocenters. The first-order valence-electron chi connectivity index (χ1n) is 10.7. The number of halogens is 1. The predicted molar refractivity (Wildman–Crippen MR) is 138 cm³/mol. The Kier molecular flexibility index (Phi) is 7.63. The number of nitrogens with zero attached hydrogens (tertiary/aromatic N) is 3. The van der Waals surface area contributed by atoms with Crippen molar-refractivity contribution in [2.75, 3.05) is 27.1 Å². The van der Waals surface area contributed by atoms with Crippen molar-refractivity contribution in [3.8, 4) is 34.3 Å². The lowest BCUT2D eigenvalue weighted by Crippen LogP contribution is -2.07. The third-order valence-electron chi connectivity index (χ3n) is 5.41. The van der Waals surface area contributed by atoms with Crippen LogP contribution in [-0.2, 0) is 0 Å². The first-order chi connectivity index (χ1) is 17.0. The number of Topliss-reactive ketones (excluding diaryl/α,β-unsaturated/α-hetero) is 1. The van der Waals surface area contributed by atoms with Crippen LogP contribution in [-0.4, -0.2) is 47.6 Å². The van der Waals surface area contributed by atoms with Gasteiger partial charge in [0.1, 0.15) is 0 Å². The Balaban J connectivity index is 1.68. The third kappa shape index (κ3) is 5.13. The molecule has 4 aromatic rings. The SMILES string of the molecule is COc1cc(C(=O)CSc2nnc(-c3ccc(Cl)cc3)n2-c2ccccc2C)cc(OC)c1OC. The zero-order valence-electron chi connectivity index (χ0n) is 19.7. The number of rotatable bonds is 9. The fourth-order valence-corrected chi connectivity index (χ4v) is 4.60. The number of thioether (sulfide) groups is 1. The highest BCUT2D eigenvalue weighted by molar-refractivity contribution is 7.99. The molecule has 180 valence electrons. The summed E-state index contributed by atoms with van der Waals surface area (Å²) in [7, 11) is 4.56. The van der Waals surface area contributed by atoms with Crippen LogP contribution in [0.1, 0.15) is 15.9 Å². The maximum Gasteiger partial charge on any atom is 0.203 e. The van der Waals surface area contributed by atoms with Gasteiger partial charge in [0.05, 0.1) is 32.8 Å². The molecule has 35 heavy (non-hydrogen) atoms. The molecule has 9 heteroatoms. The summed E-state index contributed by atoms with van der Waals surface area (Å²) in [6.07, 6.45) is 0. The first-order valence-corrected chi connectivity index (χ1v) is 12.1. The molecule has 0 aliphatic heterocycles. The lowest BCUT2D eigenvalue weighted by atomic mass is 10.1. The summed E-state index contributed by atoms with van der Waals surface area (Å²) in [5.74, 6) is 1.98. The molecule has 0 unspecified atom stereocenters. The van der Waals surface area contributed by atoms with Crippen LogP contribution in [0.3, 0.4) is 0 Å². The highest BCUT2D eigenvalue weighted by Gasteiger charge is 2.21. The van der Waals surface area contributed by atoms with Gasteiger partial charge in [0.2, 0.25) is 5.75 Å². The van der Waals surface area contributed by atoms with Gasteiger partial charge in [0.25, 0.3) is 0 Å². The molecule has 1 heterocycles. The molecule has 0 spiro atoms. The fourth-order valence-electron chi connectivity index (χ4n) is 3.64. The molecule has 1 aromatic heterocycles. The Morgan fingerprint density at radius 3 is 2.20 bits per heavy atom. The van der Waals surface area contributed by atoms with Crippen LogP contribution in [0.2, 0.25) is 5.02 Å². The molecular weight excluding hydrogens is 486 g/mol. The summed E-state index contributed by atoms with van der Waals surface area (Å²) in [4.78, 5) is 13.1. The van der Waals surface area contributed by atoms with E-state index in [1.165, 1.54) is 33.1 Å². The van der Waals surface area contributed by atoms with Gasteiger partial charge in [-0.3, -0.25) is 9.36 Å². The fraction of sp³-hybridized carbons (Fsp3) is 0.192. The predicted octanol–water partition coefficient (Wildman–Crippen LogP) is 5.90. The van der Waals surface area contributed by atoms with Gasteiger partial charge < -0.3 is 14.2 Å². The number of methoxy groups -OCH3 is 3. The number of benzene rings is 3. The molecule has 0 amide bonds. The quantitative estimate of drug-likeness (QED) is 0.205. The van der Waals surface area contributed by atoms with Gasteiger partial charge in [-0.15, -0.1) is 10.2 Å². The monoisotopic (exact) mass is 509 g/mol. The Bertz CT molecular complexity index is 1330. The Morgan fingerprint density at radius 2 is 1.60 bits per heavy atom. The van der Waals surface area contributed by atoms with Gasteiger partial charge in [-0.1, -0.05) is 41.6 Å². The van der Waals surface area contributed by atoms with E-state index in [1.54, 1.807) is 12.1 Å². The number of carbonyl (C=O) groups is 1. The van der Waals surface area contributed by atoms with E-state index >= 15 is 0 Å². The zero-order chi connectivity index (χ0) is 24.9. The molecule has 7 nitrogen and oxygen atoms in total. The molecule has 0 bridgehead atoms. The standard InChI is InChI=1S/C26H24ClN3O4S/c1-16-7-5-6-8-20(16)30-25(17-9-11-19(27)12-10-17)28-29-26(30)35-15-21(31)18-13-22(32-2)24(34-4)23(14-18)33-3/h5-14H,15H2,1-4H3. The van der Waals surface area contributed by atoms with Crippen molar-refractivity contribution in [3.63, 3.8) is 0 Å². The second-order valence-corrected chi connectivity index (χ2v) is 8.94. The van der Waals surface area contributed by atoms with E-state index in [9.17, 15) is 4.79 Å². The number of ether oxygens (including phenoxy) is 3. The summed E-state index contributed by atoms with van der Waals surface area (Å²) >= 11 is 7.39. The van der Waals surface area contributed by atoms with E-state index in [4.69, 9.17) is 25.8 Å². The van der Waals surface area contributed by atoms with Crippen LogP contribution in [0.25, 0.3) is 17.1 Å². The molecule has 0 fully saturated rings. The summed E-state index contributed by atoms with van der Waals surface area (Å²) in [6, 6.07) is 18.7. The molecule has 3 aromatic carbocycles. The summed E-state index contributed by atoms with van der Waals surface area (Å²) in [5, 5.41) is 10.1. The Labute approximate surface area is 213 Å². The van der Waals surface area contributed by atoms with Gasteiger partial charge in [-0.25, -0.2) is 0 Å². The number of hydrogen-bond donors (Lipinski definition) is 0. The van der Waals surface area contributed by atoms with Crippen molar-refractivity contribution in [1.82, 2.24) is 14.8 Å². The molecule has 4 rings (SSSR count). The van der Waals surface area contributed by atoms with Gasteiger partial charge in [-0.05, 0) is 55.0 Å². The van der Waals surface area contributed by atoms with Crippen LogP contribution in [0, 0.1) is 6.92 Å². The maximum absolute atomic E-state index is 13.1. The Morgan fingerprint density at radius 1 is 0.943 bits per heavy atom. The molecule has 0 saturated carbocycles. The van der Waals surface area contributed by atoms with Crippen LogP contribution >= 0.6 is 23.4 Å². The second kappa shape index (κ2) is 10.8. The van der Waals surface area contributed by atoms with Crippen LogP contribution in [0.5, 0.6) is 17.2 Å². The van der Waals surface area contributed by atoms with E-state index < -0.39 is 0 Å². The lowest BCUT2D eigenvalue weighted by molar-refractivity contribution is 0.102. The molecule has 0 aliphatic rings. The van der Waals surface area contributed by atoms with Crippen molar-refractivity contribution in [1.29, 1.82) is 0 Å². The summed E-state index contributed by atoms with van der Waals surface area (Å²) < 4.78 is 18.1. The number of para-hydroxylation sites is 1. The topological polar surface area (TPSA) is 75.5 Å². The zero-order valence-corrected chi connectivity index (χ0v) is 21.3. The van der Waals surface area contributed by atoms with E-state index in [0.717, 1.165) is 16.8 Å². The van der Waals surface area contributed by atoms with Crippen molar-refractivity contribution < 1.29 is 19.0 Å². The molecular formula is C26H24ClN3O4S. The van der Waals surface area contributed by atoms with Crippen molar-refractivity contribution in [2.45, 2.75) is 12.1 Å². The number of ketones is 1. The van der Waals surface area contributed by atoms with E-state index in [1.807, 2.05) is 60.0 Å². The molecule has 0 N–H and O–H groups in total. The van der Waals surface area contributed by atoms with Gasteiger partial charge in [0.15, 0.2) is 28.3 Å². The minimum absolute atomic E-state index is 0.110. The van der Waals surface area contributed by atoms with E-state index in [-0.39, 0.29) is 11.5 Å². The van der Waals surface area contributed by atoms with E-state index in [2.05, 4.69) is 10.2 Å². The van der Waals surface area contributed by atoms with Crippen molar-refractivity contribution >= 4 is 29.1 Å². The minimum Gasteiger partial charge on any atom is -0.493 e. The average molecular weight is 510 g/mol. The normalized spacial score (nSPS) is 10.8. The van der Waals surface area contributed by atoms with Gasteiger partial charge in [0, 0.05) is 16.1 Å². The van der Waals surface area contributed by atoms with Crippen LogP contribution in [0.15, 0.2) is 65.8 Å². The van der Waals surface area contributed by atoms with E-state index in [0.29, 0.717) is 38.8 Å². The average Bonchev–Trinajstić information content (AvgIpc) is 3.30. The van der Waals surface area contributed by atoms with Gasteiger partial charge >= 0.3 is 0 Å². The summed E-state index contributed by atoms with van der Waals surface area (Å²) in [6.45, 7) is 2.02. The largest absolute Gasteiger partial charge is 0.493 e. The first kappa shape index (κ1) is 24.6. The number of aromatic nitrogens is 3. The smallest absolute Gasteiger partial charge is 0.203 e. The number of carbonyl (C=O) groups excluding carboxylic acids is 1. The molecule has 0 aliphatic carbocycles. The van der Waals surface area contributed by atoms with Gasteiger partial charge in [-0.2, -0.15) is 0 Å². The highest BCUT2D eigenvalue weighted by atomic mass is 35.5. The maximum atomic E-state index is 13.1. The minimum atomic E-state index is -0.110. The number of hydrogen-bond acceptors (Lipinski definition) is 7.